The standard InChI is InChI=1S/C18H21BrN2O3S2/c1-13-2-4-14(5-3-13)26(23,24)18-12-20-9-11-21(18)10-8-15(22)16-6-7-17(19)25-16/h2-7,18,20H,8-12H2,1H3. The Morgan fingerprint density at radius 1 is 1.27 bits per heavy atom. The van der Waals surface area contributed by atoms with E-state index in [1.54, 1.807) is 18.2 Å². The number of aryl methyl sites for hydroxylation is 1. The Hall–Kier alpha value is -1.06. The highest BCUT2D eigenvalue weighted by Gasteiger charge is 2.34. The van der Waals surface area contributed by atoms with Crippen molar-refractivity contribution in [1.82, 2.24) is 10.2 Å². The zero-order chi connectivity index (χ0) is 18.7. The number of ketones is 1. The molecule has 140 valence electrons. The van der Waals surface area contributed by atoms with Crippen LogP contribution in [0, 0.1) is 6.92 Å². The van der Waals surface area contributed by atoms with Gasteiger partial charge in [0.1, 0.15) is 5.37 Å². The van der Waals surface area contributed by atoms with Crippen molar-refractivity contribution in [2.45, 2.75) is 23.6 Å². The van der Waals surface area contributed by atoms with Crippen LogP contribution >= 0.6 is 27.3 Å². The van der Waals surface area contributed by atoms with Gasteiger partial charge in [-0.1, -0.05) is 17.7 Å². The monoisotopic (exact) mass is 456 g/mol. The van der Waals surface area contributed by atoms with Crippen LogP contribution in [0.25, 0.3) is 0 Å². The Bertz CT molecular complexity index is 878. The topological polar surface area (TPSA) is 66.5 Å². The molecule has 1 aromatic heterocycles. The van der Waals surface area contributed by atoms with E-state index in [2.05, 4.69) is 21.2 Å². The largest absolute Gasteiger partial charge is 0.313 e. The molecule has 5 nitrogen and oxygen atoms in total. The van der Waals surface area contributed by atoms with E-state index in [1.807, 2.05) is 30.0 Å². The van der Waals surface area contributed by atoms with Gasteiger partial charge < -0.3 is 5.32 Å². The zero-order valence-corrected chi connectivity index (χ0v) is 17.7. The molecule has 1 atom stereocenters. The third-order valence-electron chi connectivity index (χ3n) is 4.48. The van der Waals surface area contributed by atoms with Crippen LogP contribution in [0.15, 0.2) is 45.1 Å². The lowest BCUT2D eigenvalue weighted by molar-refractivity contribution is 0.0958. The van der Waals surface area contributed by atoms with Gasteiger partial charge in [0.15, 0.2) is 15.6 Å². The molecule has 0 saturated carbocycles. The van der Waals surface area contributed by atoms with Gasteiger partial charge in [-0.3, -0.25) is 9.69 Å². The van der Waals surface area contributed by atoms with Crippen molar-refractivity contribution in [3.8, 4) is 0 Å². The van der Waals surface area contributed by atoms with Gasteiger partial charge in [-0.25, -0.2) is 8.42 Å². The minimum Gasteiger partial charge on any atom is -0.313 e. The Morgan fingerprint density at radius 2 is 2.00 bits per heavy atom. The number of nitrogens with zero attached hydrogens (tertiary/aromatic N) is 1. The second kappa shape index (κ2) is 8.31. The highest BCUT2D eigenvalue weighted by Crippen LogP contribution is 2.24. The van der Waals surface area contributed by atoms with E-state index in [-0.39, 0.29) is 5.78 Å². The Morgan fingerprint density at radius 3 is 2.65 bits per heavy atom. The third-order valence-corrected chi connectivity index (χ3v) is 8.26. The number of hydrogen-bond acceptors (Lipinski definition) is 6. The van der Waals surface area contributed by atoms with Gasteiger partial charge >= 0.3 is 0 Å². The molecule has 1 saturated heterocycles. The molecule has 0 radical (unpaired) electrons. The van der Waals surface area contributed by atoms with Crippen LogP contribution in [-0.4, -0.2) is 50.7 Å². The molecular formula is C18H21BrN2O3S2. The van der Waals surface area contributed by atoms with Crippen LogP contribution in [0.4, 0.5) is 0 Å². The number of carbonyl (C=O) groups is 1. The second-order valence-corrected chi connectivity index (χ2v) is 10.9. The predicted molar refractivity (Wildman–Crippen MR) is 108 cm³/mol. The van der Waals surface area contributed by atoms with Gasteiger partial charge in [0.2, 0.25) is 0 Å². The van der Waals surface area contributed by atoms with Crippen LogP contribution in [0.2, 0.25) is 0 Å². The quantitative estimate of drug-likeness (QED) is 0.676. The normalized spacial score (nSPS) is 18.8. The lowest BCUT2D eigenvalue weighted by atomic mass is 10.2. The molecule has 1 aliphatic heterocycles. The number of piperazine rings is 1. The molecule has 1 N–H and O–H groups in total. The number of thiophene rings is 1. The van der Waals surface area contributed by atoms with Crippen LogP contribution in [0.1, 0.15) is 21.7 Å². The molecule has 3 rings (SSSR count). The molecule has 0 amide bonds. The van der Waals surface area contributed by atoms with E-state index in [1.165, 1.54) is 11.3 Å². The maximum Gasteiger partial charge on any atom is 0.195 e. The minimum absolute atomic E-state index is 0.0470. The van der Waals surface area contributed by atoms with Gasteiger partial charge in [-0.2, -0.15) is 0 Å². The van der Waals surface area contributed by atoms with Gasteiger partial charge in [0.25, 0.3) is 0 Å². The molecule has 2 heterocycles. The smallest absolute Gasteiger partial charge is 0.195 e. The van der Waals surface area contributed by atoms with Crippen LogP contribution in [0.5, 0.6) is 0 Å². The van der Waals surface area contributed by atoms with E-state index in [0.717, 1.165) is 15.9 Å². The molecule has 1 aromatic carbocycles. The van der Waals surface area contributed by atoms with E-state index in [9.17, 15) is 13.2 Å². The lowest BCUT2D eigenvalue weighted by Gasteiger charge is -2.35. The predicted octanol–water partition coefficient (Wildman–Crippen LogP) is 3.10. The van der Waals surface area contributed by atoms with Crippen molar-refractivity contribution in [2.24, 2.45) is 0 Å². The van der Waals surface area contributed by atoms with Crippen LogP contribution in [0.3, 0.4) is 0 Å². The summed E-state index contributed by atoms with van der Waals surface area (Å²) in [7, 11) is -3.49. The molecule has 0 spiro atoms. The summed E-state index contributed by atoms with van der Waals surface area (Å²) in [4.78, 5) is 15.3. The molecule has 1 fully saturated rings. The number of halogens is 1. The zero-order valence-electron chi connectivity index (χ0n) is 14.4. The average Bonchev–Trinajstić information content (AvgIpc) is 3.07. The molecule has 26 heavy (non-hydrogen) atoms. The van der Waals surface area contributed by atoms with E-state index in [0.29, 0.717) is 35.8 Å². The molecule has 0 aliphatic carbocycles. The van der Waals surface area contributed by atoms with E-state index in [4.69, 9.17) is 0 Å². The summed E-state index contributed by atoms with van der Waals surface area (Å²) in [6, 6.07) is 10.6. The summed E-state index contributed by atoms with van der Waals surface area (Å²) in [5.41, 5.74) is 1.02. The summed E-state index contributed by atoms with van der Waals surface area (Å²) in [5, 5.41) is 2.51. The SMILES string of the molecule is Cc1ccc(S(=O)(=O)C2CNCCN2CCC(=O)c2ccc(Br)s2)cc1. The third kappa shape index (κ3) is 4.43. The summed E-state index contributed by atoms with van der Waals surface area (Å²) < 4.78 is 27.0. The fourth-order valence-corrected chi connectivity index (χ4v) is 6.12. The van der Waals surface area contributed by atoms with Crippen molar-refractivity contribution in [1.29, 1.82) is 0 Å². The number of hydrogen-bond donors (Lipinski definition) is 1. The average molecular weight is 457 g/mol. The number of sulfone groups is 1. The molecule has 1 unspecified atom stereocenters. The van der Waals surface area contributed by atoms with Crippen LogP contribution < -0.4 is 5.32 Å². The summed E-state index contributed by atoms with van der Waals surface area (Å²) in [6.45, 7) is 4.07. The minimum atomic E-state index is -3.49. The van der Waals surface area contributed by atoms with E-state index < -0.39 is 15.2 Å². The fourth-order valence-electron chi connectivity index (χ4n) is 3.00. The number of Topliss-reactive ketones (excluding diaryl/α,β-unsaturated/α-hetero) is 1. The second-order valence-electron chi connectivity index (χ2n) is 6.33. The maximum atomic E-state index is 13.1. The molecule has 0 bridgehead atoms. The number of benzene rings is 1. The maximum absolute atomic E-state index is 13.1. The molecule has 8 heteroatoms. The van der Waals surface area contributed by atoms with Crippen molar-refractivity contribution in [3.05, 3.63) is 50.6 Å². The number of nitrogens with one attached hydrogen (secondary N) is 1. The van der Waals surface area contributed by atoms with Gasteiger partial charge in [-0.05, 0) is 47.1 Å². The lowest BCUT2D eigenvalue weighted by Crippen LogP contribution is -2.55. The van der Waals surface area contributed by atoms with Crippen molar-refractivity contribution in [2.75, 3.05) is 26.2 Å². The number of rotatable bonds is 6. The van der Waals surface area contributed by atoms with Gasteiger partial charge in [0.05, 0.1) is 13.6 Å². The van der Waals surface area contributed by atoms with Crippen molar-refractivity contribution < 1.29 is 13.2 Å². The Labute approximate surface area is 166 Å². The van der Waals surface area contributed by atoms with Crippen molar-refractivity contribution in [3.63, 3.8) is 0 Å². The first kappa shape index (κ1) is 19.7. The Kier molecular flexibility index (Phi) is 6.29. The highest BCUT2D eigenvalue weighted by molar-refractivity contribution is 9.11. The fraction of sp³-hybridized carbons (Fsp3) is 0.389. The van der Waals surface area contributed by atoms with Gasteiger partial charge in [0, 0.05) is 32.6 Å². The van der Waals surface area contributed by atoms with Gasteiger partial charge in [-0.15, -0.1) is 11.3 Å². The Balaban J connectivity index is 1.73. The first-order chi connectivity index (χ1) is 12.4. The summed E-state index contributed by atoms with van der Waals surface area (Å²) >= 11 is 4.77. The summed E-state index contributed by atoms with van der Waals surface area (Å²) in [5.74, 6) is 0.0470. The highest BCUT2D eigenvalue weighted by atomic mass is 79.9. The molecular weight excluding hydrogens is 436 g/mol. The molecule has 1 aliphatic rings. The summed E-state index contributed by atoms with van der Waals surface area (Å²) in [6.07, 6.45) is 0.312. The first-order valence-electron chi connectivity index (χ1n) is 8.42. The van der Waals surface area contributed by atoms with E-state index >= 15 is 0 Å². The molecule has 2 aromatic rings. The number of carbonyl (C=O) groups excluding carboxylic acids is 1. The first-order valence-corrected chi connectivity index (χ1v) is 11.6. The van der Waals surface area contributed by atoms with Crippen LogP contribution in [-0.2, 0) is 9.84 Å². The van der Waals surface area contributed by atoms with Crippen molar-refractivity contribution >= 4 is 42.9 Å².